The molecular weight excluding hydrogens is 258 g/mol. The average Bonchev–Trinajstić information content (AvgIpc) is 2.83. The first-order valence-corrected chi connectivity index (χ1v) is 7.75. The summed E-state index contributed by atoms with van der Waals surface area (Å²) in [5.41, 5.74) is 4.27. The van der Waals surface area contributed by atoms with Crippen LogP contribution in [0.2, 0.25) is 0 Å². The molecule has 1 atom stereocenters. The lowest BCUT2D eigenvalue weighted by Gasteiger charge is -2.42. The summed E-state index contributed by atoms with van der Waals surface area (Å²) >= 11 is 0. The molecule has 1 aromatic heterocycles. The second kappa shape index (κ2) is 5.30. The summed E-state index contributed by atoms with van der Waals surface area (Å²) < 4.78 is 2.23. The molecular formula is C18H25N3. The Kier molecular flexibility index (Phi) is 3.62. The van der Waals surface area contributed by atoms with E-state index >= 15 is 0 Å². The van der Waals surface area contributed by atoms with E-state index < -0.39 is 0 Å². The molecule has 0 fully saturated rings. The van der Waals surface area contributed by atoms with E-state index in [-0.39, 0.29) is 5.54 Å². The van der Waals surface area contributed by atoms with Gasteiger partial charge in [-0.3, -0.25) is 4.90 Å². The SMILES string of the molecule is Cc1cn(CC2CN(C(C)(C)C)Cc3ccccc32)cn1. The summed E-state index contributed by atoms with van der Waals surface area (Å²) in [6, 6.07) is 8.89. The molecule has 0 amide bonds. The minimum atomic E-state index is 0.205. The molecule has 3 heteroatoms. The fourth-order valence-electron chi connectivity index (χ4n) is 3.20. The molecule has 0 N–H and O–H groups in total. The molecule has 3 nitrogen and oxygen atoms in total. The molecule has 3 rings (SSSR count). The normalized spacial score (nSPS) is 19.5. The molecule has 1 aromatic carbocycles. The summed E-state index contributed by atoms with van der Waals surface area (Å²) in [5, 5.41) is 0. The zero-order chi connectivity index (χ0) is 15.0. The van der Waals surface area contributed by atoms with E-state index in [4.69, 9.17) is 0 Å². The lowest BCUT2D eigenvalue weighted by molar-refractivity contribution is 0.104. The minimum Gasteiger partial charge on any atom is -0.337 e. The maximum absolute atomic E-state index is 4.36. The van der Waals surface area contributed by atoms with Crippen LogP contribution in [0, 0.1) is 6.92 Å². The summed E-state index contributed by atoms with van der Waals surface area (Å²) in [6.07, 6.45) is 4.09. The van der Waals surface area contributed by atoms with Crippen LogP contribution in [0.1, 0.15) is 43.5 Å². The predicted octanol–water partition coefficient (Wildman–Crippen LogP) is 3.59. The Labute approximate surface area is 127 Å². The maximum atomic E-state index is 4.36. The van der Waals surface area contributed by atoms with Crippen molar-refractivity contribution < 1.29 is 0 Å². The monoisotopic (exact) mass is 283 g/mol. The third kappa shape index (κ3) is 3.03. The Morgan fingerprint density at radius 3 is 2.67 bits per heavy atom. The van der Waals surface area contributed by atoms with Gasteiger partial charge in [0, 0.05) is 37.3 Å². The van der Waals surface area contributed by atoms with Crippen LogP contribution < -0.4 is 0 Å². The van der Waals surface area contributed by atoms with E-state index in [9.17, 15) is 0 Å². The van der Waals surface area contributed by atoms with Crippen molar-refractivity contribution in [3.8, 4) is 0 Å². The Balaban J connectivity index is 1.90. The van der Waals surface area contributed by atoms with Crippen molar-refractivity contribution in [2.75, 3.05) is 6.54 Å². The average molecular weight is 283 g/mol. The molecule has 1 aliphatic heterocycles. The van der Waals surface area contributed by atoms with Gasteiger partial charge in [0.1, 0.15) is 0 Å². The van der Waals surface area contributed by atoms with Crippen molar-refractivity contribution >= 4 is 0 Å². The van der Waals surface area contributed by atoms with Gasteiger partial charge in [0.15, 0.2) is 0 Å². The lowest BCUT2D eigenvalue weighted by atomic mass is 9.87. The third-order valence-electron chi connectivity index (χ3n) is 4.44. The highest BCUT2D eigenvalue weighted by molar-refractivity contribution is 5.33. The van der Waals surface area contributed by atoms with E-state index in [1.165, 1.54) is 11.1 Å². The van der Waals surface area contributed by atoms with Crippen LogP contribution in [0.25, 0.3) is 0 Å². The Hall–Kier alpha value is -1.61. The van der Waals surface area contributed by atoms with Gasteiger partial charge < -0.3 is 4.57 Å². The topological polar surface area (TPSA) is 21.1 Å². The van der Waals surface area contributed by atoms with Crippen LogP contribution in [0.3, 0.4) is 0 Å². The fourth-order valence-corrected chi connectivity index (χ4v) is 3.20. The van der Waals surface area contributed by atoms with E-state index in [0.717, 1.165) is 25.3 Å². The zero-order valence-electron chi connectivity index (χ0n) is 13.5. The molecule has 0 bridgehead atoms. The van der Waals surface area contributed by atoms with Gasteiger partial charge in [-0.05, 0) is 38.8 Å². The van der Waals surface area contributed by atoms with Crippen molar-refractivity contribution in [3.05, 3.63) is 53.6 Å². The molecule has 2 aromatic rings. The Bertz CT molecular complexity index is 621. The largest absolute Gasteiger partial charge is 0.337 e. The summed E-state index contributed by atoms with van der Waals surface area (Å²) in [5.74, 6) is 0.530. The minimum absolute atomic E-state index is 0.205. The summed E-state index contributed by atoms with van der Waals surface area (Å²) in [4.78, 5) is 6.94. The van der Waals surface area contributed by atoms with E-state index in [2.05, 4.69) is 65.7 Å². The van der Waals surface area contributed by atoms with Gasteiger partial charge in [-0.1, -0.05) is 24.3 Å². The van der Waals surface area contributed by atoms with Crippen LogP contribution in [0.15, 0.2) is 36.8 Å². The molecule has 0 spiro atoms. The molecule has 112 valence electrons. The summed E-state index contributed by atoms with van der Waals surface area (Å²) in [6.45, 7) is 12.1. The van der Waals surface area contributed by atoms with Crippen molar-refractivity contribution in [1.82, 2.24) is 14.5 Å². The number of hydrogen-bond acceptors (Lipinski definition) is 2. The second-order valence-electron chi connectivity index (χ2n) is 7.16. The molecule has 0 aliphatic carbocycles. The van der Waals surface area contributed by atoms with Gasteiger partial charge in [-0.25, -0.2) is 4.98 Å². The Morgan fingerprint density at radius 2 is 2.00 bits per heavy atom. The third-order valence-corrected chi connectivity index (χ3v) is 4.44. The molecule has 0 radical (unpaired) electrons. The van der Waals surface area contributed by atoms with E-state index in [1.807, 2.05) is 13.3 Å². The van der Waals surface area contributed by atoms with Gasteiger partial charge >= 0.3 is 0 Å². The molecule has 1 aliphatic rings. The highest BCUT2D eigenvalue weighted by atomic mass is 15.2. The van der Waals surface area contributed by atoms with Crippen molar-refractivity contribution in [2.45, 2.75) is 52.2 Å². The van der Waals surface area contributed by atoms with Crippen molar-refractivity contribution in [1.29, 1.82) is 0 Å². The van der Waals surface area contributed by atoms with Gasteiger partial charge in [0.25, 0.3) is 0 Å². The summed E-state index contributed by atoms with van der Waals surface area (Å²) in [7, 11) is 0. The van der Waals surface area contributed by atoms with Crippen LogP contribution in [-0.2, 0) is 13.1 Å². The number of imidazole rings is 1. The number of hydrogen-bond donors (Lipinski definition) is 0. The molecule has 21 heavy (non-hydrogen) atoms. The number of aryl methyl sites for hydroxylation is 1. The molecule has 0 saturated carbocycles. The quantitative estimate of drug-likeness (QED) is 0.840. The number of fused-ring (bicyclic) bond motifs is 1. The number of aromatic nitrogens is 2. The van der Waals surface area contributed by atoms with Crippen molar-refractivity contribution in [2.24, 2.45) is 0 Å². The smallest absolute Gasteiger partial charge is 0.0949 e. The van der Waals surface area contributed by atoms with Gasteiger partial charge in [-0.15, -0.1) is 0 Å². The van der Waals surface area contributed by atoms with Gasteiger partial charge in [-0.2, -0.15) is 0 Å². The number of rotatable bonds is 2. The maximum Gasteiger partial charge on any atom is 0.0949 e. The van der Waals surface area contributed by atoms with Crippen LogP contribution in [0.4, 0.5) is 0 Å². The first-order valence-electron chi connectivity index (χ1n) is 7.75. The zero-order valence-corrected chi connectivity index (χ0v) is 13.5. The number of benzene rings is 1. The predicted molar refractivity (Wildman–Crippen MR) is 86.3 cm³/mol. The van der Waals surface area contributed by atoms with Crippen LogP contribution in [-0.4, -0.2) is 26.5 Å². The van der Waals surface area contributed by atoms with Crippen molar-refractivity contribution in [3.63, 3.8) is 0 Å². The second-order valence-corrected chi connectivity index (χ2v) is 7.16. The molecule has 1 unspecified atom stereocenters. The van der Waals surface area contributed by atoms with Gasteiger partial charge in [0.2, 0.25) is 0 Å². The van der Waals surface area contributed by atoms with Crippen LogP contribution in [0.5, 0.6) is 0 Å². The standard InChI is InChI=1S/C18H25N3/c1-14-9-20(13-19-14)10-16-12-21(18(2,3)4)11-15-7-5-6-8-17(15)16/h5-9,13,16H,10-12H2,1-4H3. The highest BCUT2D eigenvalue weighted by Crippen LogP contribution is 2.33. The first kappa shape index (κ1) is 14.3. The molecule has 0 saturated heterocycles. The van der Waals surface area contributed by atoms with Crippen LogP contribution >= 0.6 is 0 Å². The first-order chi connectivity index (χ1) is 9.93. The van der Waals surface area contributed by atoms with Gasteiger partial charge in [0.05, 0.1) is 12.0 Å². The Morgan fingerprint density at radius 1 is 1.24 bits per heavy atom. The van der Waals surface area contributed by atoms with E-state index in [0.29, 0.717) is 5.92 Å². The fraction of sp³-hybridized carbons (Fsp3) is 0.500. The highest BCUT2D eigenvalue weighted by Gasteiger charge is 2.31. The lowest BCUT2D eigenvalue weighted by Crippen LogP contribution is -2.46. The number of nitrogens with zero attached hydrogens (tertiary/aromatic N) is 3. The van der Waals surface area contributed by atoms with E-state index in [1.54, 1.807) is 0 Å². The molecule has 2 heterocycles.